The van der Waals surface area contributed by atoms with Crippen molar-refractivity contribution in [2.24, 2.45) is 0 Å². The lowest BCUT2D eigenvalue weighted by atomic mass is 10.1. The molecular weight excluding hydrogens is 162 g/mol. The maximum atomic E-state index is 3.65. The first-order valence-corrected chi connectivity index (χ1v) is 5.67. The Morgan fingerprint density at radius 3 is 2.38 bits per heavy atom. The summed E-state index contributed by atoms with van der Waals surface area (Å²) in [6, 6.07) is 0.736. The Balaban J connectivity index is 1.69. The van der Waals surface area contributed by atoms with E-state index in [2.05, 4.69) is 15.8 Å². The molecule has 3 nitrogen and oxygen atoms in total. The van der Waals surface area contributed by atoms with Gasteiger partial charge in [0.1, 0.15) is 0 Å². The minimum absolute atomic E-state index is 0.736. The molecule has 0 amide bonds. The highest BCUT2D eigenvalue weighted by molar-refractivity contribution is 4.74. The summed E-state index contributed by atoms with van der Waals surface area (Å²) >= 11 is 0. The monoisotopic (exact) mass is 183 g/mol. The molecule has 2 aliphatic rings. The van der Waals surface area contributed by atoms with Gasteiger partial charge in [-0.3, -0.25) is 5.43 Å². The lowest BCUT2D eigenvalue weighted by Gasteiger charge is -2.33. The molecule has 0 unspecified atom stereocenters. The lowest BCUT2D eigenvalue weighted by molar-refractivity contribution is 0.117. The van der Waals surface area contributed by atoms with E-state index in [0.29, 0.717) is 0 Å². The van der Waals surface area contributed by atoms with Gasteiger partial charge in [0.05, 0.1) is 0 Å². The van der Waals surface area contributed by atoms with Crippen LogP contribution in [0.5, 0.6) is 0 Å². The molecule has 2 N–H and O–H groups in total. The molecule has 0 saturated carbocycles. The van der Waals surface area contributed by atoms with E-state index in [4.69, 9.17) is 0 Å². The van der Waals surface area contributed by atoms with E-state index in [-0.39, 0.29) is 0 Å². The van der Waals surface area contributed by atoms with Gasteiger partial charge in [-0.05, 0) is 38.8 Å². The third-order valence-corrected chi connectivity index (χ3v) is 3.06. The van der Waals surface area contributed by atoms with Crippen LogP contribution in [0.4, 0.5) is 0 Å². The van der Waals surface area contributed by atoms with Crippen molar-refractivity contribution in [3.8, 4) is 0 Å². The average molecular weight is 183 g/mol. The van der Waals surface area contributed by atoms with Crippen LogP contribution in [-0.4, -0.2) is 37.2 Å². The fraction of sp³-hybridized carbons (Fsp3) is 1.00. The Hall–Kier alpha value is -0.120. The van der Waals surface area contributed by atoms with E-state index in [1.54, 1.807) is 0 Å². The van der Waals surface area contributed by atoms with E-state index in [1.807, 2.05) is 0 Å². The summed E-state index contributed by atoms with van der Waals surface area (Å²) in [4.78, 5) is 0. The van der Waals surface area contributed by atoms with Crippen LogP contribution in [0.2, 0.25) is 0 Å². The summed E-state index contributed by atoms with van der Waals surface area (Å²) in [6.07, 6.45) is 6.74. The molecule has 3 heteroatoms. The Kier molecular flexibility index (Phi) is 3.58. The zero-order valence-corrected chi connectivity index (χ0v) is 8.39. The summed E-state index contributed by atoms with van der Waals surface area (Å²) in [6.45, 7) is 4.88. The van der Waals surface area contributed by atoms with Gasteiger partial charge in [0.2, 0.25) is 0 Å². The van der Waals surface area contributed by atoms with Crippen LogP contribution in [0, 0.1) is 0 Å². The molecule has 0 aliphatic carbocycles. The number of hydrogen-bond donors (Lipinski definition) is 2. The van der Waals surface area contributed by atoms with Crippen molar-refractivity contribution in [1.82, 2.24) is 15.8 Å². The van der Waals surface area contributed by atoms with Gasteiger partial charge in [-0.1, -0.05) is 6.42 Å². The summed E-state index contributed by atoms with van der Waals surface area (Å²) in [7, 11) is 0. The van der Waals surface area contributed by atoms with Crippen LogP contribution < -0.4 is 10.7 Å². The molecule has 0 bridgehead atoms. The predicted octanol–water partition coefficient (Wildman–Crippen LogP) is 0.729. The topological polar surface area (TPSA) is 27.3 Å². The van der Waals surface area contributed by atoms with Gasteiger partial charge < -0.3 is 5.32 Å². The maximum Gasteiger partial charge on any atom is 0.0239 e. The van der Waals surface area contributed by atoms with E-state index < -0.39 is 0 Å². The second kappa shape index (κ2) is 4.94. The first kappa shape index (κ1) is 9.44. The molecule has 2 rings (SSSR count). The molecule has 2 fully saturated rings. The Bertz CT molecular complexity index is 121. The van der Waals surface area contributed by atoms with Crippen LogP contribution in [0.3, 0.4) is 0 Å². The highest BCUT2D eigenvalue weighted by Gasteiger charge is 2.17. The molecule has 0 atom stereocenters. The highest BCUT2D eigenvalue weighted by atomic mass is 15.5. The fourth-order valence-electron chi connectivity index (χ4n) is 2.23. The predicted molar refractivity (Wildman–Crippen MR) is 54.5 cm³/mol. The van der Waals surface area contributed by atoms with Crippen LogP contribution in [-0.2, 0) is 0 Å². The zero-order valence-electron chi connectivity index (χ0n) is 8.39. The summed E-state index contributed by atoms with van der Waals surface area (Å²) in [5.41, 5.74) is 3.65. The summed E-state index contributed by atoms with van der Waals surface area (Å²) in [5, 5.41) is 5.82. The van der Waals surface area contributed by atoms with Gasteiger partial charge >= 0.3 is 0 Å². The third kappa shape index (κ3) is 2.93. The van der Waals surface area contributed by atoms with Gasteiger partial charge in [-0.15, -0.1) is 0 Å². The number of hydrogen-bond acceptors (Lipinski definition) is 3. The minimum atomic E-state index is 0.736. The second-order valence-corrected chi connectivity index (χ2v) is 4.20. The van der Waals surface area contributed by atoms with E-state index in [0.717, 1.165) is 6.04 Å². The largest absolute Gasteiger partial charge is 0.317 e. The maximum absolute atomic E-state index is 3.65. The molecule has 13 heavy (non-hydrogen) atoms. The minimum Gasteiger partial charge on any atom is -0.317 e. The molecule has 2 aliphatic heterocycles. The molecule has 0 spiro atoms. The van der Waals surface area contributed by atoms with Crippen LogP contribution in [0.15, 0.2) is 0 Å². The lowest BCUT2D eigenvalue weighted by Crippen LogP contribution is -2.50. The number of rotatable bonds is 2. The van der Waals surface area contributed by atoms with Crippen LogP contribution >= 0.6 is 0 Å². The van der Waals surface area contributed by atoms with Gasteiger partial charge in [0, 0.05) is 19.1 Å². The number of nitrogens with zero attached hydrogens (tertiary/aromatic N) is 1. The molecule has 2 saturated heterocycles. The van der Waals surface area contributed by atoms with Gasteiger partial charge in [0.25, 0.3) is 0 Å². The quantitative estimate of drug-likeness (QED) is 0.661. The SMILES string of the molecule is C1CCN(NC2CCNCC2)CC1. The molecule has 76 valence electrons. The molecule has 0 aromatic carbocycles. The number of nitrogens with one attached hydrogen (secondary N) is 2. The van der Waals surface area contributed by atoms with Crippen molar-refractivity contribution < 1.29 is 0 Å². The van der Waals surface area contributed by atoms with E-state index >= 15 is 0 Å². The van der Waals surface area contributed by atoms with Crippen molar-refractivity contribution in [1.29, 1.82) is 0 Å². The highest BCUT2D eigenvalue weighted by Crippen LogP contribution is 2.09. The van der Waals surface area contributed by atoms with Gasteiger partial charge in [-0.2, -0.15) is 0 Å². The van der Waals surface area contributed by atoms with Crippen molar-refractivity contribution in [2.75, 3.05) is 26.2 Å². The molecule has 0 aromatic heterocycles. The molecular formula is C10H21N3. The van der Waals surface area contributed by atoms with Gasteiger partial charge in [-0.25, -0.2) is 5.01 Å². The summed E-state index contributed by atoms with van der Waals surface area (Å²) in [5.74, 6) is 0. The molecule has 0 aromatic rings. The Morgan fingerprint density at radius 1 is 1.00 bits per heavy atom. The Morgan fingerprint density at radius 2 is 1.69 bits per heavy atom. The molecule has 0 radical (unpaired) electrons. The average Bonchev–Trinajstić information content (AvgIpc) is 2.21. The van der Waals surface area contributed by atoms with Crippen molar-refractivity contribution in [3.63, 3.8) is 0 Å². The normalized spacial score (nSPS) is 27.7. The van der Waals surface area contributed by atoms with Crippen LogP contribution in [0.25, 0.3) is 0 Å². The summed E-state index contributed by atoms with van der Waals surface area (Å²) < 4.78 is 0. The fourth-order valence-corrected chi connectivity index (χ4v) is 2.23. The number of piperidine rings is 2. The molecule has 2 heterocycles. The second-order valence-electron chi connectivity index (χ2n) is 4.20. The zero-order chi connectivity index (χ0) is 8.93. The van der Waals surface area contributed by atoms with Crippen molar-refractivity contribution >= 4 is 0 Å². The van der Waals surface area contributed by atoms with Gasteiger partial charge in [0.15, 0.2) is 0 Å². The Labute approximate surface area is 80.8 Å². The van der Waals surface area contributed by atoms with Crippen molar-refractivity contribution in [3.05, 3.63) is 0 Å². The number of hydrazine groups is 1. The standard InChI is InChI=1S/C10H21N3/c1-2-8-13(9-3-1)12-10-4-6-11-7-5-10/h10-12H,1-9H2. The first-order valence-electron chi connectivity index (χ1n) is 5.67. The smallest absolute Gasteiger partial charge is 0.0239 e. The third-order valence-electron chi connectivity index (χ3n) is 3.06. The van der Waals surface area contributed by atoms with Crippen LogP contribution in [0.1, 0.15) is 32.1 Å². The van der Waals surface area contributed by atoms with E-state index in [9.17, 15) is 0 Å². The van der Waals surface area contributed by atoms with E-state index in [1.165, 1.54) is 58.3 Å². The van der Waals surface area contributed by atoms with Crippen molar-refractivity contribution in [2.45, 2.75) is 38.1 Å². The first-order chi connectivity index (χ1) is 6.45.